The molecule has 3 aromatic heterocycles. The largest absolute Gasteiger partial charge is 0.497 e. The molecule has 3 heterocycles. The molecular formula is C19H13ClN6O. The third-order valence-electron chi connectivity index (χ3n) is 4.40. The van der Waals surface area contributed by atoms with Gasteiger partial charge in [0.1, 0.15) is 12.1 Å². The van der Waals surface area contributed by atoms with Gasteiger partial charge >= 0.3 is 0 Å². The van der Waals surface area contributed by atoms with Crippen molar-refractivity contribution in [1.82, 2.24) is 29.4 Å². The van der Waals surface area contributed by atoms with Crippen molar-refractivity contribution >= 4 is 28.3 Å². The maximum absolute atomic E-state index is 5.97. The van der Waals surface area contributed by atoms with Crippen molar-refractivity contribution in [2.75, 3.05) is 7.11 Å². The number of fused-ring (bicyclic) bond motifs is 3. The number of hydrogen-bond donors (Lipinski definition) is 0. The Kier molecular flexibility index (Phi) is 3.54. The number of methoxy groups -OCH3 is 1. The molecule has 2 aromatic carbocycles. The summed E-state index contributed by atoms with van der Waals surface area (Å²) >= 11 is 5.97. The number of rotatable bonds is 3. The van der Waals surface area contributed by atoms with Gasteiger partial charge in [0.05, 0.1) is 24.4 Å². The Balaban J connectivity index is 1.66. The fraction of sp³-hybridized carbons (Fsp3) is 0.0526. The van der Waals surface area contributed by atoms with Crippen LogP contribution in [0.5, 0.6) is 5.75 Å². The van der Waals surface area contributed by atoms with E-state index in [1.165, 1.54) is 0 Å². The second-order valence-corrected chi connectivity index (χ2v) is 6.40. The number of benzene rings is 2. The molecule has 5 aromatic rings. The minimum absolute atomic E-state index is 0.673. The zero-order chi connectivity index (χ0) is 18.4. The summed E-state index contributed by atoms with van der Waals surface area (Å²) in [6, 6.07) is 15.1. The standard InChI is InChI=1S/C19H13ClN6O/c1-27-15-8-2-12(3-9-15)17-23-24-19-16-10-22-26(18(16)21-11-25(17)19)14-6-4-13(20)5-7-14/h2-11H,1H3. The molecule has 0 bridgehead atoms. The Morgan fingerprint density at radius 3 is 2.44 bits per heavy atom. The molecule has 0 radical (unpaired) electrons. The third-order valence-corrected chi connectivity index (χ3v) is 4.65. The van der Waals surface area contributed by atoms with Crippen LogP contribution in [-0.4, -0.2) is 36.5 Å². The first-order valence-electron chi connectivity index (χ1n) is 8.22. The monoisotopic (exact) mass is 376 g/mol. The molecule has 27 heavy (non-hydrogen) atoms. The van der Waals surface area contributed by atoms with E-state index in [0.29, 0.717) is 22.1 Å². The Hall–Kier alpha value is -3.45. The van der Waals surface area contributed by atoms with Gasteiger partial charge in [-0.25, -0.2) is 9.67 Å². The highest BCUT2D eigenvalue weighted by molar-refractivity contribution is 6.30. The van der Waals surface area contributed by atoms with Gasteiger partial charge in [-0.3, -0.25) is 4.40 Å². The molecule has 0 spiro atoms. The average molecular weight is 377 g/mol. The highest BCUT2D eigenvalue weighted by Gasteiger charge is 2.15. The Bertz CT molecular complexity index is 1260. The molecule has 0 saturated heterocycles. The van der Waals surface area contributed by atoms with Gasteiger partial charge in [0.2, 0.25) is 0 Å². The van der Waals surface area contributed by atoms with Gasteiger partial charge in [0, 0.05) is 10.6 Å². The molecule has 0 fully saturated rings. The summed E-state index contributed by atoms with van der Waals surface area (Å²) in [6.07, 6.45) is 3.46. The molecule has 0 saturated carbocycles. The van der Waals surface area contributed by atoms with Crippen molar-refractivity contribution in [3.8, 4) is 22.8 Å². The number of nitrogens with zero attached hydrogens (tertiary/aromatic N) is 6. The number of hydrogen-bond acceptors (Lipinski definition) is 5. The van der Waals surface area contributed by atoms with Crippen molar-refractivity contribution in [1.29, 1.82) is 0 Å². The first kappa shape index (κ1) is 15.8. The smallest absolute Gasteiger partial charge is 0.175 e. The van der Waals surface area contributed by atoms with Crippen molar-refractivity contribution in [3.05, 3.63) is 66.1 Å². The first-order chi connectivity index (χ1) is 13.2. The topological polar surface area (TPSA) is 70.1 Å². The molecule has 0 aliphatic carbocycles. The van der Waals surface area contributed by atoms with E-state index in [0.717, 1.165) is 22.4 Å². The van der Waals surface area contributed by atoms with Crippen LogP contribution in [0, 0.1) is 0 Å². The van der Waals surface area contributed by atoms with E-state index in [2.05, 4.69) is 20.3 Å². The first-order valence-corrected chi connectivity index (χ1v) is 8.60. The fourth-order valence-corrected chi connectivity index (χ4v) is 3.15. The van der Waals surface area contributed by atoms with Gasteiger partial charge in [0.25, 0.3) is 0 Å². The molecule has 0 unspecified atom stereocenters. The summed E-state index contributed by atoms with van der Waals surface area (Å²) in [5.74, 6) is 1.50. The molecule has 0 amide bonds. The lowest BCUT2D eigenvalue weighted by atomic mass is 10.2. The number of aromatic nitrogens is 6. The molecule has 5 rings (SSSR count). The van der Waals surface area contributed by atoms with Crippen molar-refractivity contribution in [2.45, 2.75) is 0 Å². The molecular weight excluding hydrogens is 364 g/mol. The highest BCUT2D eigenvalue weighted by atomic mass is 35.5. The summed E-state index contributed by atoms with van der Waals surface area (Å²) in [7, 11) is 1.64. The minimum Gasteiger partial charge on any atom is -0.497 e. The Morgan fingerprint density at radius 1 is 0.926 bits per heavy atom. The Morgan fingerprint density at radius 2 is 1.70 bits per heavy atom. The molecule has 0 aliphatic rings. The van der Waals surface area contributed by atoms with Crippen molar-refractivity contribution < 1.29 is 4.74 Å². The van der Waals surface area contributed by atoms with E-state index in [9.17, 15) is 0 Å². The van der Waals surface area contributed by atoms with Crippen LogP contribution in [0.25, 0.3) is 33.8 Å². The van der Waals surface area contributed by atoms with Gasteiger partial charge in [-0.05, 0) is 48.5 Å². The van der Waals surface area contributed by atoms with Gasteiger partial charge in [-0.2, -0.15) is 5.10 Å². The van der Waals surface area contributed by atoms with Crippen LogP contribution < -0.4 is 4.74 Å². The molecule has 7 nitrogen and oxygen atoms in total. The van der Waals surface area contributed by atoms with Crippen LogP contribution >= 0.6 is 11.6 Å². The number of ether oxygens (including phenoxy) is 1. The SMILES string of the molecule is COc1ccc(-c2nnc3c4cnn(-c5ccc(Cl)cc5)c4ncn23)cc1. The van der Waals surface area contributed by atoms with Crippen LogP contribution in [0.4, 0.5) is 0 Å². The fourth-order valence-electron chi connectivity index (χ4n) is 3.03. The lowest BCUT2D eigenvalue weighted by molar-refractivity contribution is 0.415. The second kappa shape index (κ2) is 6.07. The van der Waals surface area contributed by atoms with E-state index < -0.39 is 0 Å². The molecule has 0 atom stereocenters. The van der Waals surface area contributed by atoms with Gasteiger partial charge in [0.15, 0.2) is 17.1 Å². The van der Waals surface area contributed by atoms with Crippen LogP contribution in [0.1, 0.15) is 0 Å². The van der Waals surface area contributed by atoms with E-state index >= 15 is 0 Å². The summed E-state index contributed by atoms with van der Waals surface area (Å²) < 4.78 is 8.83. The number of halogens is 1. The summed E-state index contributed by atoms with van der Waals surface area (Å²) in [5, 5.41) is 14.7. The molecule has 0 aliphatic heterocycles. The predicted octanol–water partition coefficient (Wildman–Crippen LogP) is 3.79. The quantitative estimate of drug-likeness (QED) is 0.479. The van der Waals surface area contributed by atoms with Gasteiger partial charge in [-0.1, -0.05) is 11.6 Å². The highest BCUT2D eigenvalue weighted by Crippen LogP contribution is 2.25. The zero-order valence-electron chi connectivity index (χ0n) is 14.2. The van der Waals surface area contributed by atoms with Crippen LogP contribution in [0.2, 0.25) is 5.02 Å². The normalized spacial score (nSPS) is 11.3. The molecule has 132 valence electrons. The van der Waals surface area contributed by atoms with E-state index in [1.807, 2.05) is 52.9 Å². The maximum Gasteiger partial charge on any atom is 0.175 e. The van der Waals surface area contributed by atoms with Crippen LogP contribution in [-0.2, 0) is 0 Å². The third kappa shape index (κ3) is 2.51. The summed E-state index contributed by atoms with van der Waals surface area (Å²) in [5.41, 5.74) is 3.21. The van der Waals surface area contributed by atoms with Crippen molar-refractivity contribution in [2.24, 2.45) is 0 Å². The zero-order valence-corrected chi connectivity index (χ0v) is 15.0. The van der Waals surface area contributed by atoms with E-state index in [4.69, 9.17) is 16.3 Å². The van der Waals surface area contributed by atoms with Gasteiger partial charge < -0.3 is 4.74 Å². The second-order valence-electron chi connectivity index (χ2n) is 5.96. The Labute approximate surface area is 158 Å². The molecule has 0 N–H and O–H groups in total. The van der Waals surface area contributed by atoms with Gasteiger partial charge in [-0.15, -0.1) is 10.2 Å². The summed E-state index contributed by atoms with van der Waals surface area (Å²) in [4.78, 5) is 4.59. The summed E-state index contributed by atoms with van der Waals surface area (Å²) in [6.45, 7) is 0. The predicted molar refractivity (Wildman–Crippen MR) is 102 cm³/mol. The minimum atomic E-state index is 0.673. The lowest BCUT2D eigenvalue weighted by Crippen LogP contribution is -1.99. The van der Waals surface area contributed by atoms with Crippen LogP contribution in [0.15, 0.2) is 61.1 Å². The molecule has 8 heteroatoms. The van der Waals surface area contributed by atoms with Crippen LogP contribution in [0.3, 0.4) is 0 Å². The van der Waals surface area contributed by atoms with Crippen molar-refractivity contribution in [3.63, 3.8) is 0 Å². The van der Waals surface area contributed by atoms with E-state index in [-0.39, 0.29) is 0 Å². The maximum atomic E-state index is 5.97. The van der Waals surface area contributed by atoms with E-state index in [1.54, 1.807) is 24.3 Å². The average Bonchev–Trinajstić information content (AvgIpc) is 3.32. The lowest BCUT2D eigenvalue weighted by Gasteiger charge is -2.04.